The van der Waals surface area contributed by atoms with Crippen LogP contribution in [-0.2, 0) is 22.4 Å². The largest absolute Gasteiger partial charge is 0.288 e. The first-order valence-corrected chi connectivity index (χ1v) is 9.58. The molecule has 27 heavy (non-hydrogen) atoms. The van der Waals surface area contributed by atoms with Gasteiger partial charge >= 0.3 is 0 Å². The molecule has 0 radical (unpaired) electrons. The lowest BCUT2D eigenvalue weighted by Crippen LogP contribution is -2.27. The molecule has 0 saturated carbocycles. The van der Waals surface area contributed by atoms with Gasteiger partial charge in [-0.05, 0) is 17.7 Å². The number of nitrogens with one attached hydrogen (secondary N) is 2. The van der Waals surface area contributed by atoms with Crippen LogP contribution in [0.3, 0.4) is 0 Å². The van der Waals surface area contributed by atoms with Crippen molar-refractivity contribution in [3.8, 4) is 11.3 Å². The van der Waals surface area contributed by atoms with Crippen molar-refractivity contribution in [3.63, 3.8) is 0 Å². The normalized spacial score (nSPS) is 11.3. The summed E-state index contributed by atoms with van der Waals surface area (Å²) in [5.41, 5.74) is 3.89. The van der Waals surface area contributed by atoms with Gasteiger partial charge in [0.15, 0.2) is 5.88 Å². The van der Waals surface area contributed by atoms with E-state index in [0.717, 1.165) is 5.56 Å². The second kappa shape index (κ2) is 8.08. The molecule has 3 N–H and O–H groups in total. The summed E-state index contributed by atoms with van der Waals surface area (Å²) in [6, 6.07) is 15.5. The van der Waals surface area contributed by atoms with Crippen molar-refractivity contribution in [1.82, 2.24) is 25.2 Å². The zero-order valence-electron chi connectivity index (χ0n) is 14.1. The van der Waals surface area contributed by atoms with E-state index in [1.165, 1.54) is 22.3 Å². The molecule has 0 aliphatic rings. The van der Waals surface area contributed by atoms with Crippen molar-refractivity contribution >= 4 is 15.9 Å². The van der Waals surface area contributed by atoms with Crippen LogP contribution >= 0.6 is 0 Å². The summed E-state index contributed by atoms with van der Waals surface area (Å²) in [5, 5.41) is 16.4. The van der Waals surface area contributed by atoms with Gasteiger partial charge < -0.3 is 0 Å². The first-order valence-electron chi connectivity index (χ1n) is 7.93. The predicted octanol–water partition coefficient (Wildman–Crippen LogP) is 1.14. The number of hydrogen-bond acceptors (Lipinski definition) is 6. The number of rotatable bonds is 7. The van der Waals surface area contributed by atoms with Crippen molar-refractivity contribution in [2.24, 2.45) is 0 Å². The van der Waals surface area contributed by atoms with Crippen molar-refractivity contribution in [3.05, 3.63) is 71.9 Å². The summed E-state index contributed by atoms with van der Waals surface area (Å²) >= 11 is 0. The fraction of sp³-hybridized carbons (Fsp3) is 0.118. The summed E-state index contributed by atoms with van der Waals surface area (Å²) < 4.78 is 28.2. The van der Waals surface area contributed by atoms with E-state index in [2.05, 4.69) is 15.0 Å². The number of nitrogens with zero attached hydrogens (tertiary/aromatic N) is 3. The SMILES string of the molecule is O=C(NO)c1ccc(CNS(=O)(=O)Cn2cc(-c3ccccc3)nn2)cc1. The van der Waals surface area contributed by atoms with Crippen LogP contribution < -0.4 is 10.2 Å². The van der Waals surface area contributed by atoms with Gasteiger partial charge in [-0.15, -0.1) is 5.10 Å². The Morgan fingerprint density at radius 1 is 1.07 bits per heavy atom. The summed E-state index contributed by atoms with van der Waals surface area (Å²) in [4.78, 5) is 11.3. The number of amides is 1. The molecule has 0 saturated heterocycles. The zero-order chi connectivity index (χ0) is 19.3. The molecule has 1 amide bonds. The summed E-state index contributed by atoms with van der Waals surface area (Å²) in [7, 11) is -3.64. The van der Waals surface area contributed by atoms with Crippen molar-refractivity contribution < 1.29 is 18.4 Å². The second-order valence-corrected chi connectivity index (χ2v) is 7.49. The van der Waals surface area contributed by atoms with Crippen LogP contribution in [0, 0.1) is 0 Å². The quantitative estimate of drug-likeness (QED) is 0.412. The number of benzene rings is 2. The van der Waals surface area contributed by atoms with Crippen molar-refractivity contribution in [2.45, 2.75) is 12.4 Å². The van der Waals surface area contributed by atoms with Gasteiger partial charge in [-0.3, -0.25) is 10.0 Å². The van der Waals surface area contributed by atoms with Crippen LogP contribution in [0.25, 0.3) is 11.3 Å². The average Bonchev–Trinajstić information content (AvgIpc) is 3.14. The summed E-state index contributed by atoms with van der Waals surface area (Å²) in [6.07, 6.45) is 1.57. The number of carbonyl (C=O) groups is 1. The molecular weight excluding hydrogens is 370 g/mol. The highest BCUT2D eigenvalue weighted by atomic mass is 32.2. The monoisotopic (exact) mass is 387 g/mol. The van der Waals surface area contributed by atoms with E-state index in [1.54, 1.807) is 18.3 Å². The van der Waals surface area contributed by atoms with E-state index in [1.807, 2.05) is 30.3 Å². The Bertz CT molecular complexity index is 1020. The number of aromatic nitrogens is 3. The van der Waals surface area contributed by atoms with Gasteiger partial charge in [0.25, 0.3) is 5.91 Å². The molecule has 0 aliphatic heterocycles. The molecule has 9 nitrogen and oxygen atoms in total. The van der Waals surface area contributed by atoms with Gasteiger partial charge in [0.05, 0.1) is 6.20 Å². The van der Waals surface area contributed by atoms with Gasteiger partial charge in [-0.2, -0.15) is 0 Å². The van der Waals surface area contributed by atoms with Gasteiger partial charge in [-0.25, -0.2) is 23.3 Å². The molecule has 1 aromatic heterocycles. The molecule has 0 spiro atoms. The van der Waals surface area contributed by atoms with E-state index < -0.39 is 15.9 Å². The van der Waals surface area contributed by atoms with E-state index in [4.69, 9.17) is 5.21 Å². The Balaban J connectivity index is 1.61. The van der Waals surface area contributed by atoms with Crippen LogP contribution in [0.15, 0.2) is 60.8 Å². The minimum absolute atomic E-state index is 0.0591. The van der Waals surface area contributed by atoms with E-state index in [9.17, 15) is 13.2 Å². The highest BCUT2D eigenvalue weighted by Crippen LogP contribution is 2.15. The maximum atomic E-state index is 12.2. The molecule has 140 valence electrons. The number of carbonyl (C=O) groups excluding carboxylic acids is 1. The molecule has 0 bridgehead atoms. The third-order valence-corrected chi connectivity index (χ3v) is 4.91. The average molecular weight is 387 g/mol. The van der Waals surface area contributed by atoms with Gasteiger partial charge in [0, 0.05) is 17.7 Å². The van der Waals surface area contributed by atoms with E-state index in [-0.39, 0.29) is 18.0 Å². The Labute approximate surface area is 155 Å². The fourth-order valence-corrected chi connectivity index (χ4v) is 3.31. The highest BCUT2D eigenvalue weighted by molar-refractivity contribution is 7.88. The van der Waals surface area contributed by atoms with Crippen LogP contribution in [0.5, 0.6) is 0 Å². The zero-order valence-corrected chi connectivity index (χ0v) is 14.9. The van der Waals surface area contributed by atoms with Gasteiger partial charge in [0.2, 0.25) is 10.0 Å². The molecular formula is C17H17N5O4S. The number of hydrogen-bond donors (Lipinski definition) is 3. The highest BCUT2D eigenvalue weighted by Gasteiger charge is 2.13. The fourth-order valence-electron chi connectivity index (χ4n) is 2.35. The first kappa shape index (κ1) is 18.7. The second-order valence-electron chi connectivity index (χ2n) is 5.71. The maximum absolute atomic E-state index is 12.2. The molecule has 0 aliphatic carbocycles. The van der Waals surface area contributed by atoms with Crippen molar-refractivity contribution in [1.29, 1.82) is 0 Å². The van der Waals surface area contributed by atoms with E-state index >= 15 is 0 Å². The Kier molecular flexibility index (Phi) is 5.60. The van der Waals surface area contributed by atoms with Crippen molar-refractivity contribution in [2.75, 3.05) is 0 Å². The predicted molar refractivity (Wildman–Crippen MR) is 96.9 cm³/mol. The van der Waals surface area contributed by atoms with Crippen LogP contribution in [-0.4, -0.2) is 34.5 Å². The molecule has 2 aromatic carbocycles. The standard InChI is InChI=1S/C17H17N5O4S/c23-17(20-24)15-8-6-13(7-9-15)10-18-27(25,26)12-22-11-16(19-21-22)14-4-2-1-3-5-14/h1-9,11,18,24H,10,12H2,(H,20,23). The van der Waals surface area contributed by atoms with Gasteiger partial charge in [0.1, 0.15) is 5.69 Å². The Hall–Kier alpha value is -3.08. The third-order valence-electron chi connectivity index (χ3n) is 3.72. The lowest BCUT2D eigenvalue weighted by molar-refractivity contribution is 0.0706. The van der Waals surface area contributed by atoms with Crippen LogP contribution in [0.1, 0.15) is 15.9 Å². The molecule has 3 rings (SSSR count). The lowest BCUT2D eigenvalue weighted by Gasteiger charge is -2.07. The molecule has 1 heterocycles. The van der Waals surface area contributed by atoms with Crippen LogP contribution in [0.4, 0.5) is 0 Å². The van der Waals surface area contributed by atoms with E-state index in [0.29, 0.717) is 11.3 Å². The maximum Gasteiger partial charge on any atom is 0.274 e. The Morgan fingerprint density at radius 2 is 1.78 bits per heavy atom. The number of hydroxylamine groups is 1. The first-order chi connectivity index (χ1) is 13.0. The molecule has 0 fully saturated rings. The van der Waals surface area contributed by atoms with Gasteiger partial charge in [-0.1, -0.05) is 47.7 Å². The minimum Gasteiger partial charge on any atom is -0.288 e. The summed E-state index contributed by atoms with van der Waals surface area (Å²) in [6.45, 7) is 0.0591. The molecule has 3 aromatic rings. The lowest BCUT2D eigenvalue weighted by atomic mass is 10.1. The smallest absolute Gasteiger partial charge is 0.274 e. The third kappa shape index (κ3) is 4.97. The van der Waals surface area contributed by atoms with Crippen LogP contribution in [0.2, 0.25) is 0 Å². The number of sulfonamides is 1. The topological polar surface area (TPSA) is 126 Å². The molecule has 0 atom stereocenters. The molecule has 0 unspecified atom stereocenters. The summed E-state index contributed by atoms with van der Waals surface area (Å²) in [5.74, 6) is -1.000. The molecule has 10 heteroatoms. The minimum atomic E-state index is -3.64. The Morgan fingerprint density at radius 3 is 2.44 bits per heavy atom.